The van der Waals surface area contributed by atoms with Crippen LogP contribution >= 0.6 is 11.8 Å². The summed E-state index contributed by atoms with van der Waals surface area (Å²) in [5, 5.41) is 1.18. The van der Waals surface area contributed by atoms with E-state index in [1.807, 2.05) is 80.6 Å². The van der Waals surface area contributed by atoms with Gasteiger partial charge >= 0.3 is 0 Å². The van der Waals surface area contributed by atoms with E-state index in [2.05, 4.69) is 0 Å². The average molecular weight is 455 g/mol. The first-order chi connectivity index (χ1) is 16.0. The maximum absolute atomic E-state index is 13.5. The molecule has 0 aliphatic heterocycles. The Balaban J connectivity index is 1.59. The number of rotatable bonds is 5. The van der Waals surface area contributed by atoms with E-state index in [0.717, 1.165) is 11.1 Å². The molecule has 0 saturated heterocycles. The molecule has 5 aromatic rings. The van der Waals surface area contributed by atoms with Crippen LogP contribution in [0.4, 0.5) is 0 Å². The third kappa shape index (κ3) is 3.96. The van der Waals surface area contributed by atoms with Gasteiger partial charge in [-0.3, -0.25) is 18.6 Å². The fraction of sp³-hybridized carbons (Fsp3) is 0.154. The topological polar surface area (TPSA) is 69.3 Å². The van der Waals surface area contributed by atoms with Crippen LogP contribution in [0.3, 0.4) is 0 Å². The van der Waals surface area contributed by atoms with Crippen molar-refractivity contribution in [1.82, 2.24) is 18.9 Å². The molecule has 7 heteroatoms. The van der Waals surface area contributed by atoms with Crippen molar-refractivity contribution in [2.45, 2.75) is 30.8 Å². The molecule has 33 heavy (non-hydrogen) atoms. The molecule has 0 saturated carbocycles. The summed E-state index contributed by atoms with van der Waals surface area (Å²) < 4.78 is 3.28. The quantitative estimate of drug-likeness (QED) is 0.286. The molecule has 3 heterocycles. The van der Waals surface area contributed by atoms with Gasteiger partial charge in [-0.05, 0) is 43.2 Å². The predicted molar refractivity (Wildman–Crippen MR) is 132 cm³/mol. The highest BCUT2D eigenvalue weighted by Gasteiger charge is 2.18. The summed E-state index contributed by atoms with van der Waals surface area (Å²) in [6, 6.07) is 22.4. The summed E-state index contributed by atoms with van der Waals surface area (Å²) in [6.07, 6.45) is 1.72. The molecule has 2 aromatic carbocycles. The lowest BCUT2D eigenvalue weighted by Gasteiger charge is -2.20. The van der Waals surface area contributed by atoms with Crippen LogP contribution in [0.5, 0.6) is 0 Å². The molecule has 5 rings (SSSR count). The van der Waals surface area contributed by atoms with Gasteiger partial charge in [0.1, 0.15) is 5.65 Å². The summed E-state index contributed by atoms with van der Waals surface area (Å²) in [5.74, 6) is 0.423. The summed E-state index contributed by atoms with van der Waals surface area (Å²) >= 11 is 1.42. The molecule has 0 aliphatic rings. The fourth-order valence-corrected chi connectivity index (χ4v) is 4.94. The molecule has 6 nitrogen and oxygen atoms in total. The Morgan fingerprint density at radius 1 is 0.939 bits per heavy atom. The summed E-state index contributed by atoms with van der Waals surface area (Å²) in [5.41, 5.74) is 3.70. The minimum absolute atomic E-state index is 0.0816. The van der Waals surface area contributed by atoms with Crippen molar-refractivity contribution in [3.63, 3.8) is 0 Å². The molecule has 164 valence electrons. The van der Waals surface area contributed by atoms with Gasteiger partial charge in [0.15, 0.2) is 5.16 Å². The molecule has 0 bridgehead atoms. The lowest BCUT2D eigenvalue weighted by Crippen LogP contribution is -2.27. The van der Waals surface area contributed by atoms with Crippen LogP contribution in [0.1, 0.15) is 29.8 Å². The third-order valence-corrected chi connectivity index (χ3v) is 6.72. The lowest BCUT2D eigenvalue weighted by atomic mass is 10.1. The Labute approximate surface area is 194 Å². The molecule has 0 unspecified atom stereocenters. The number of aryl methyl sites for hydroxylation is 1. The average Bonchev–Trinajstić information content (AvgIpc) is 2.84. The third-order valence-electron chi connectivity index (χ3n) is 5.73. The number of thioether (sulfide) groups is 1. The second-order valence-electron chi connectivity index (χ2n) is 7.93. The Bertz CT molecular complexity index is 1590. The first-order valence-corrected chi connectivity index (χ1v) is 11.7. The molecule has 0 N–H and O–H groups in total. The molecule has 1 atom stereocenters. The SMILES string of the molecule is Cc1cccn2c(=O)cc(CSc3nc4ccccc4c(=O)n3[C@H](C)c3ccccc3)nc12. The summed E-state index contributed by atoms with van der Waals surface area (Å²) in [4.78, 5) is 35.6. The number of benzene rings is 2. The van der Waals surface area contributed by atoms with Crippen LogP contribution in [0.25, 0.3) is 16.6 Å². The van der Waals surface area contributed by atoms with Gasteiger partial charge in [0.2, 0.25) is 0 Å². The predicted octanol–water partition coefficient (Wildman–Crippen LogP) is 4.61. The summed E-state index contributed by atoms with van der Waals surface area (Å²) in [7, 11) is 0. The Morgan fingerprint density at radius 3 is 2.52 bits per heavy atom. The second-order valence-corrected chi connectivity index (χ2v) is 8.88. The zero-order chi connectivity index (χ0) is 22.9. The molecule has 0 spiro atoms. The highest BCUT2D eigenvalue weighted by molar-refractivity contribution is 7.98. The second kappa shape index (κ2) is 8.67. The van der Waals surface area contributed by atoms with E-state index in [9.17, 15) is 9.59 Å². The van der Waals surface area contributed by atoms with Crippen LogP contribution in [-0.4, -0.2) is 18.9 Å². The molecule has 0 fully saturated rings. The highest BCUT2D eigenvalue weighted by atomic mass is 32.2. The van der Waals surface area contributed by atoms with Gasteiger partial charge in [0.05, 0.1) is 22.6 Å². The largest absolute Gasteiger partial charge is 0.280 e. The van der Waals surface area contributed by atoms with Crippen LogP contribution < -0.4 is 11.1 Å². The van der Waals surface area contributed by atoms with Crippen molar-refractivity contribution in [2.24, 2.45) is 0 Å². The number of fused-ring (bicyclic) bond motifs is 2. The first-order valence-electron chi connectivity index (χ1n) is 10.7. The normalized spacial score (nSPS) is 12.3. The van der Waals surface area contributed by atoms with Crippen molar-refractivity contribution >= 4 is 28.3 Å². The van der Waals surface area contributed by atoms with Crippen LogP contribution in [0.2, 0.25) is 0 Å². The van der Waals surface area contributed by atoms with E-state index in [1.165, 1.54) is 11.8 Å². The van der Waals surface area contributed by atoms with E-state index in [-0.39, 0.29) is 17.2 Å². The number of hydrogen-bond acceptors (Lipinski definition) is 5. The van der Waals surface area contributed by atoms with Crippen molar-refractivity contribution in [2.75, 3.05) is 0 Å². The Hall–Kier alpha value is -3.71. The van der Waals surface area contributed by atoms with Crippen molar-refractivity contribution in [1.29, 1.82) is 0 Å². The molecular weight excluding hydrogens is 432 g/mol. The smallest absolute Gasteiger partial charge is 0.262 e. The maximum Gasteiger partial charge on any atom is 0.262 e. The minimum Gasteiger partial charge on any atom is -0.280 e. The van der Waals surface area contributed by atoms with E-state index >= 15 is 0 Å². The number of aromatic nitrogens is 4. The zero-order valence-electron chi connectivity index (χ0n) is 18.3. The van der Waals surface area contributed by atoms with Gasteiger partial charge in [-0.15, -0.1) is 0 Å². The molecular formula is C26H22N4O2S. The van der Waals surface area contributed by atoms with Gasteiger partial charge in [0, 0.05) is 18.0 Å². The number of para-hydroxylation sites is 1. The van der Waals surface area contributed by atoms with Gasteiger partial charge in [-0.2, -0.15) is 0 Å². The van der Waals surface area contributed by atoms with E-state index < -0.39 is 0 Å². The standard InChI is InChI=1S/C26H22N4O2S/c1-17-9-8-14-29-23(31)15-20(27-24(17)29)16-33-26-28-22-13-7-6-12-21(22)25(32)30(26)18(2)19-10-4-3-5-11-19/h3-15,18H,16H2,1-2H3/t18-/m1/s1. The van der Waals surface area contributed by atoms with Crippen LogP contribution in [0, 0.1) is 6.92 Å². The van der Waals surface area contributed by atoms with Gasteiger partial charge in [-0.1, -0.05) is 60.3 Å². The fourth-order valence-electron chi connectivity index (χ4n) is 3.97. The van der Waals surface area contributed by atoms with Crippen molar-refractivity contribution in [3.05, 3.63) is 117 Å². The van der Waals surface area contributed by atoms with Crippen LogP contribution in [-0.2, 0) is 5.75 Å². The van der Waals surface area contributed by atoms with Crippen molar-refractivity contribution < 1.29 is 0 Å². The highest BCUT2D eigenvalue weighted by Crippen LogP contribution is 2.26. The van der Waals surface area contributed by atoms with Gasteiger partial charge in [-0.25, -0.2) is 9.97 Å². The maximum atomic E-state index is 13.5. The van der Waals surface area contributed by atoms with E-state index in [4.69, 9.17) is 9.97 Å². The monoisotopic (exact) mass is 454 g/mol. The van der Waals surface area contributed by atoms with Gasteiger partial charge in [0.25, 0.3) is 11.1 Å². The number of pyridine rings is 1. The van der Waals surface area contributed by atoms with Crippen molar-refractivity contribution in [3.8, 4) is 0 Å². The molecule has 3 aromatic heterocycles. The molecule has 0 radical (unpaired) electrons. The van der Waals surface area contributed by atoms with E-state index in [1.54, 1.807) is 21.2 Å². The lowest BCUT2D eigenvalue weighted by molar-refractivity contribution is 0.548. The zero-order valence-corrected chi connectivity index (χ0v) is 19.1. The van der Waals surface area contributed by atoms with E-state index in [0.29, 0.717) is 33.2 Å². The Kier molecular flexibility index (Phi) is 5.56. The molecule has 0 aliphatic carbocycles. The number of hydrogen-bond donors (Lipinski definition) is 0. The first kappa shape index (κ1) is 21.2. The minimum atomic E-state index is -0.198. The Morgan fingerprint density at radius 2 is 1.70 bits per heavy atom. The molecule has 0 amide bonds. The van der Waals surface area contributed by atoms with Gasteiger partial charge < -0.3 is 0 Å². The number of nitrogens with zero attached hydrogens (tertiary/aromatic N) is 4. The van der Waals surface area contributed by atoms with Crippen LogP contribution in [0.15, 0.2) is 93.7 Å². The summed E-state index contributed by atoms with van der Waals surface area (Å²) in [6.45, 7) is 3.93.